The maximum absolute atomic E-state index is 13.0. The highest BCUT2D eigenvalue weighted by Gasteiger charge is 2.60. The number of halogens is 4. The number of carbonyl (C=O) groups excluding carboxylic acids is 1. The lowest BCUT2D eigenvalue weighted by Gasteiger charge is -2.42. The van der Waals surface area contributed by atoms with Gasteiger partial charge in [-0.3, -0.25) is 4.79 Å². The molecule has 1 heterocycles. The molecular formula is C18H19BrF3NO3. The van der Waals surface area contributed by atoms with Crippen LogP contribution in [0.5, 0.6) is 0 Å². The lowest BCUT2D eigenvalue weighted by molar-refractivity contribution is -0.272. The van der Waals surface area contributed by atoms with E-state index >= 15 is 0 Å². The van der Waals surface area contributed by atoms with Gasteiger partial charge in [0.25, 0.3) is 5.91 Å². The van der Waals surface area contributed by atoms with E-state index in [1.807, 2.05) is 6.07 Å². The molecule has 4 nitrogen and oxygen atoms in total. The Kier molecular flexibility index (Phi) is 4.43. The molecule has 0 radical (unpaired) electrons. The van der Waals surface area contributed by atoms with Crippen molar-refractivity contribution in [2.75, 3.05) is 0 Å². The second-order valence-electron chi connectivity index (χ2n) is 7.15. The summed E-state index contributed by atoms with van der Waals surface area (Å²) in [5.41, 5.74) is -1.83. The molecule has 0 unspecified atom stereocenters. The van der Waals surface area contributed by atoms with E-state index in [-0.39, 0.29) is 24.2 Å². The Labute approximate surface area is 157 Å². The van der Waals surface area contributed by atoms with Crippen molar-refractivity contribution in [1.82, 2.24) is 5.32 Å². The zero-order chi connectivity index (χ0) is 19.5. The van der Waals surface area contributed by atoms with E-state index in [1.54, 1.807) is 19.9 Å². The number of hydrogen-bond acceptors (Lipinski definition) is 3. The first-order valence-corrected chi connectivity index (χ1v) is 9.03. The third-order valence-electron chi connectivity index (χ3n) is 5.59. The van der Waals surface area contributed by atoms with Gasteiger partial charge in [0.15, 0.2) is 5.60 Å². The zero-order valence-electron chi connectivity index (χ0n) is 14.3. The molecule has 1 aromatic carbocycles. The predicted octanol–water partition coefficient (Wildman–Crippen LogP) is 4.07. The molecule has 3 rings (SSSR count). The molecule has 0 bridgehead atoms. The Hall–Kier alpha value is -1.54. The number of benzene rings is 1. The van der Waals surface area contributed by atoms with Crippen molar-refractivity contribution in [3.05, 3.63) is 39.1 Å². The first-order chi connectivity index (χ1) is 11.9. The predicted molar refractivity (Wildman–Crippen MR) is 93.5 cm³/mol. The Morgan fingerprint density at radius 1 is 1.15 bits per heavy atom. The molecule has 3 N–H and O–H groups in total. The van der Waals surface area contributed by atoms with Gasteiger partial charge in [-0.25, -0.2) is 0 Å². The highest BCUT2D eigenvalue weighted by atomic mass is 79.9. The number of rotatable bonds is 1. The number of amides is 1. The summed E-state index contributed by atoms with van der Waals surface area (Å²) in [5, 5.41) is 23.4. The minimum Gasteiger partial charge on any atom is -0.509 e. The number of hydrogen-bond donors (Lipinski definition) is 3. The number of nitrogens with one attached hydrogen (secondary N) is 1. The van der Waals surface area contributed by atoms with E-state index in [4.69, 9.17) is 0 Å². The molecule has 1 saturated carbocycles. The van der Waals surface area contributed by atoms with Crippen LogP contribution in [-0.4, -0.2) is 33.4 Å². The molecule has 26 heavy (non-hydrogen) atoms. The molecule has 8 heteroatoms. The molecule has 2 aliphatic rings. The second kappa shape index (κ2) is 5.99. The van der Waals surface area contributed by atoms with Crippen LogP contribution in [0.15, 0.2) is 22.4 Å². The minimum atomic E-state index is -4.74. The smallest absolute Gasteiger partial charge is 0.417 e. The first-order valence-electron chi connectivity index (χ1n) is 8.23. The average molecular weight is 434 g/mol. The van der Waals surface area contributed by atoms with Crippen LogP contribution in [0.25, 0.3) is 5.57 Å². The van der Waals surface area contributed by atoms with E-state index < -0.39 is 36.1 Å². The van der Waals surface area contributed by atoms with Crippen LogP contribution in [-0.2, 0) is 4.79 Å². The topological polar surface area (TPSA) is 69.6 Å². The zero-order valence-corrected chi connectivity index (χ0v) is 15.9. The largest absolute Gasteiger partial charge is 0.509 e. The van der Waals surface area contributed by atoms with Gasteiger partial charge in [0.2, 0.25) is 0 Å². The normalized spacial score (nSPS) is 29.4. The molecular weight excluding hydrogens is 415 g/mol. The van der Waals surface area contributed by atoms with Gasteiger partial charge < -0.3 is 15.5 Å². The fraction of sp³-hybridized carbons (Fsp3) is 0.500. The van der Waals surface area contributed by atoms with Gasteiger partial charge >= 0.3 is 6.18 Å². The lowest BCUT2D eigenvalue weighted by Crippen LogP contribution is -2.56. The van der Waals surface area contributed by atoms with Crippen molar-refractivity contribution in [3.8, 4) is 0 Å². The fourth-order valence-electron chi connectivity index (χ4n) is 3.86. The molecule has 142 valence electrons. The fourth-order valence-corrected chi connectivity index (χ4v) is 4.19. The van der Waals surface area contributed by atoms with Gasteiger partial charge in [-0.1, -0.05) is 22.0 Å². The summed E-state index contributed by atoms with van der Waals surface area (Å²) in [7, 11) is 0. The van der Waals surface area contributed by atoms with Crippen LogP contribution >= 0.6 is 15.9 Å². The van der Waals surface area contributed by atoms with E-state index in [0.29, 0.717) is 5.56 Å². The third-order valence-corrected chi connectivity index (χ3v) is 6.44. The summed E-state index contributed by atoms with van der Waals surface area (Å²) in [6, 6.07) is 3.63. The summed E-state index contributed by atoms with van der Waals surface area (Å²) in [6.07, 6.45) is -6.27. The molecule has 0 atom stereocenters. The highest BCUT2D eigenvalue weighted by molar-refractivity contribution is 9.10. The molecule has 0 saturated heterocycles. The highest BCUT2D eigenvalue weighted by Crippen LogP contribution is 2.49. The number of aliphatic hydroxyl groups excluding tert-OH is 1. The maximum atomic E-state index is 13.0. The number of aryl methyl sites for hydroxylation is 1. The van der Waals surface area contributed by atoms with Crippen molar-refractivity contribution in [1.29, 1.82) is 0 Å². The van der Waals surface area contributed by atoms with Crippen LogP contribution in [0, 0.1) is 13.8 Å². The SMILES string of the molecule is Cc1ccc(Br)c(C)c1C1=C(O)C2(CCC(O)(C(F)(F)F)CC2)NC1=O. The van der Waals surface area contributed by atoms with Gasteiger partial charge in [0.05, 0.1) is 11.1 Å². The Morgan fingerprint density at radius 2 is 1.73 bits per heavy atom. The van der Waals surface area contributed by atoms with Crippen molar-refractivity contribution in [3.63, 3.8) is 0 Å². The molecule has 1 fully saturated rings. The second-order valence-corrected chi connectivity index (χ2v) is 8.01. The maximum Gasteiger partial charge on any atom is 0.417 e. The number of carbonyl (C=O) groups is 1. The average Bonchev–Trinajstić information content (AvgIpc) is 2.78. The molecule has 1 aliphatic heterocycles. The summed E-state index contributed by atoms with van der Waals surface area (Å²) in [6.45, 7) is 3.60. The number of aliphatic hydroxyl groups is 2. The lowest BCUT2D eigenvalue weighted by atomic mass is 9.73. The van der Waals surface area contributed by atoms with Crippen molar-refractivity contribution < 1.29 is 28.2 Å². The van der Waals surface area contributed by atoms with E-state index in [2.05, 4.69) is 21.2 Å². The van der Waals surface area contributed by atoms with Crippen LogP contribution in [0.2, 0.25) is 0 Å². The summed E-state index contributed by atoms with van der Waals surface area (Å²) in [4.78, 5) is 12.6. The summed E-state index contributed by atoms with van der Waals surface area (Å²) >= 11 is 3.40. The van der Waals surface area contributed by atoms with Gasteiger partial charge in [-0.15, -0.1) is 0 Å². The minimum absolute atomic E-state index is 0.0961. The van der Waals surface area contributed by atoms with Crippen LogP contribution in [0.3, 0.4) is 0 Å². The Morgan fingerprint density at radius 3 is 2.27 bits per heavy atom. The van der Waals surface area contributed by atoms with Crippen molar-refractivity contribution in [2.45, 2.75) is 56.8 Å². The summed E-state index contributed by atoms with van der Waals surface area (Å²) in [5.74, 6) is -0.750. The molecule has 1 aromatic rings. The molecule has 1 amide bonds. The van der Waals surface area contributed by atoms with Crippen molar-refractivity contribution in [2.24, 2.45) is 0 Å². The monoisotopic (exact) mass is 433 g/mol. The molecule has 1 aliphatic carbocycles. The van der Waals surface area contributed by atoms with Crippen molar-refractivity contribution >= 4 is 27.4 Å². The van der Waals surface area contributed by atoms with Gasteiger partial charge in [0, 0.05) is 4.47 Å². The van der Waals surface area contributed by atoms with E-state index in [1.165, 1.54) is 0 Å². The van der Waals surface area contributed by atoms with E-state index in [0.717, 1.165) is 15.6 Å². The molecule has 0 aromatic heterocycles. The Balaban J connectivity index is 2.03. The Bertz CT molecular complexity index is 809. The molecule has 1 spiro atoms. The van der Waals surface area contributed by atoms with Crippen LogP contribution < -0.4 is 5.32 Å². The quantitative estimate of drug-likeness (QED) is 0.624. The van der Waals surface area contributed by atoms with Gasteiger partial charge in [0.1, 0.15) is 5.76 Å². The van der Waals surface area contributed by atoms with Crippen LogP contribution in [0.4, 0.5) is 13.2 Å². The van der Waals surface area contributed by atoms with Gasteiger partial charge in [-0.2, -0.15) is 13.2 Å². The van der Waals surface area contributed by atoms with E-state index in [9.17, 15) is 28.2 Å². The van der Waals surface area contributed by atoms with Crippen LogP contribution in [0.1, 0.15) is 42.4 Å². The number of alkyl halides is 3. The standard InChI is InChI=1S/C18H19BrF3NO3/c1-9-3-4-11(19)10(2)12(9)13-14(24)16(23-15(13)25)5-7-17(26,8-6-16)18(20,21)22/h3-4,24,26H,5-8H2,1-2H3,(H,23,25). The van der Waals surface area contributed by atoms with Gasteiger partial charge in [-0.05, 0) is 62.3 Å². The summed E-state index contributed by atoms with van der Waals surface area (Å²) < 4.78 is 39.9. The first kappa shape index (κ1) is 19.2. The third kappa shape index (κ3) is 2.74.